The summed E-state index contributed by atoms with van der Waals surface area (Å²) in [6.45, 7) is 1.62. The maximum Gasteiger partial charge on any atom is 0.265 e. The summed E-state index contributed by atoms with van der Waals surface area (Å²) in [6.07, 6.45) is 0. The molecule has 0 aliphatic rings. The molecule has 5 nitrogen and oxygen atoms in total. The largest absolute Gasteiger partial charge is 0.335 e. The molecule has 0 spiro atoms. The predicted octanol–water partition coefficient (Wildman–Crippen LogP) is 2.05. The number of hydrogen-bond donors (Lipinski definition) is 1. The molecule has 1 N–H and O–H groups in total. The van der Waals surface area contributed by atoms with E-state index in [1.54, 1.807) is 6.92 Å². The quantitative estimate of drug-likeness (QED) is 0.742. The smallest absolute Gasteiger partial charge is 0.265 e. The van der Waals surface area contributed by atoms with E-state index in [1.165, 1.54) is 0 Å². The minimum absolute atomic E-state index is 0.0533. The molecule has 0 fully saturated rings. The number of alkyl halides is 3. The Bertz CT molecular complexity index is 569. The number of H-pyrrole nitrogens is 1. The summed E-state index contributed by atoms with van der Waals surface area (Å²) >= 11 is 16.7. The van der Waals surface area contributed by atoms with Gasteiger partial charge in [-0.25, -0.2) is 0 Å². The number of halogens is 3. The summed E-state index contributed by atoms with van der Waals surface area (Å²) in [5.74, 6) is -0.0962. The average Bonchev–Trinajstić information content (AvgIpc) is 2.46. The van der Waals surface area contributed by atoms with Gasteiger partial charge in [0.25, 0.3) is 11.3 Å². The van der Waals surface area contributed by atoms with E-state index in [0.717, 1.165) is 0 Å². The van der Waals surface area contributed by atoms with Crippen LogP contribution in [0, 0.1) is 6.92 Å². The minimum atomic E-state index is -1.80. The highest BCUT2D eigenvalue weighted by Gasteiger charge is 2.28. The molecule has 15 heavy (non-hydrogen) atoms. The van der Waals surface area contributed by atoms with Gasteiger partial charge in [-0.1, -0.05) is 40.0 Å². The molecule has 0 amide bonds. The molecule has 2 rings (SSSR count). The summed E-state index contributed by atoms with van der Waals surface area (Å²) < 4.78 is 3.01. The highest BCUT2D eigenvalue weighted by Crippen LogP contribution is 2.35. The molecule has 80 valence electrons. The van der Waals surface area contributed by atoms with Crippen molar-refractivity contribution in [3.05, 3.63) is 21.9 Å². The van der Waals surface area contributed by atoms with E-state index < -0.39 is 9.35 Å². The van der Waals surface area contributed by atoms with Crippen LogP contribution in [0.2, 0.25) is 0 Å². The Balaban J connectivity index is 2.81. The van der Waals surface area contributed by atoms with Crippen molar-refractivity contribution in [3.8, 4) is 0 Å². The molecule has 0 aromatic carbocycles. The molecular formula is C7H4Cl3N3O2. The van der Waals surface area contributed by atoms with E-state index in [0.29, 0.717) is 5.69 Å². The highest BCUT2D eigenvalue weighted by molar-refractivity contribution is 6.66. The van der Waals surface area contributed by atoms with Crippen molar-refractivity contribution in [2.75, 3.05) is 0 Å². The van der Waals surface area contributed by atoms with Crippen LogP contribution in [0.15, 0.2) is 9.32 Å². The van der Waals surface area contributed by atoms with Crippen LogP contribution >= 0.6 is 34.8 Å². The lowest BCUT2D eigenvalue weighted by atomic mass is 10.3. The maximum atomic E-state index is 11.6. The van der Waals surface area contributed by atoms with Gasteiger partial charge in [0.2, 0.25) is 3.79 Å². The molecule has 0 radical (unpaired) electrons. The van der Waals surface area contributed by atoms with Gasteiger partial charge >= 0.3 is 0 Å². The normalized spacial score (nSPS) is 12.3. The van der Waals surface area contributed by atoms with E-state index in [1.807, 2.05) is 0 Å². The molecule has 0 atom stereocenters. The average molecular weight is 268 g/mol. The van der Waals surface area contributed by atoms with E-state index >= 15 is 0 Å². The van der Waals surface area contributed by atoms with Crippen molar-refractivity contribution >= 4 is 45.9 Å². The van der Waals surface area contributed by atoms with Crippen molar-refractivity contribution in [2.24, 2.45) is 0 Å². The third kappa shape index (κ3) is 1.82. The zero-order valence-corrected chi connectivity index (χ0v) is 9.61. The Labute approximate surface area is 98.3 Å². The Morgan fingerprint density at radius 3 is 2.67 bits per heavy atom. The first-order valence-corrected chi connectivity index (χ1v) is 4.96. The number of hydrogen-bond acceptors (Lipinski definition) is 4. The molecule has 2 heterocycles. The lowest BCUT2D eigenvalue weighted by Crippen LogP contribution is -2.16. The van der Waals surface area contributed by atoms with Gasteiger partial charge in [-0.3, -0.25) is 4.79 Å². The Morgan fingerprint density at radius 2 is 2.07 bits per heavy atom. The third-order valence-electron chi connectivity index (χ3n) is 1.79. The first-order valence-electron chi connectivity index (χ1n) is 3.83. The van der Waals surface area contributed by atoms with Gasteiger partial charge in [-0.15, -0.1) is 0 Å². The molecule has 0 aliphatic carbocycles. The fraction of sp³-hybridized carbons (Fsp3) is 0.286. The molecule has 8 heteroatoms. The fourth-order valence-corrected chi connectivity index (χ4v) is 1.40. The molecular weight excluding hydrogens is 264 g/mol. The van der Waals surface area contributed by atoms with Crippen molar-refractivity contribution in [3.63, 3.8) is 0 Å². The molecule has 0 unspecified atom stereocenters. The number of aromatic nitrogens is 3. The van der Waals surface area contributed by atoms with Gasteiger partial charge in [0, 0.05) is 0 Å². The van der Waals surface area contributed by atoms with Gasteiger partial charge < -0.3 is 9.51 Å². The van der Waals surface area contributed by atoms with Crippen LogP contribution in [-0.2, 0) is 3.79 Å². The monoisotopic (exact) mass is 267 g/mol. The van der Waals surface area contributed by atoms with E-state index in [2.05, 4.69) is 15.1 Å². The molecule has 0 bridgehead atoms. The first kappa shape index (κ1) is 10.7. The van der Waals surface area contributed by atoms with Gasteiger partial charge in [0.15, 0.2) is 5.82 Å². The minimum Gasteiger partial charge on any atom is -0.335 e. The van der Waals surface area contributed by atoms with E-state index in [4.69, 9.17) is 39.3 Å². The van der Waals surface area contributed by atoms with Crippen molar-refractivity contribution in [2.45, 2.75) is 10.7 Å². The Kier molecular flexibility index (Phi) is 2.41. The summed E-state index contributed by atoms with van der Waals surface area (Å²) in [5, 5.41) is 3.85. The van der Waals surface area contributed by atoms with Crippen LogP contribution in [0.1, 0.15) is 11.5 Å². The molecule has 0 aliphatic heterocycles. The van der Waals surface area contributed by atoms with Gasteiger partial charge in [0.1, 0.15) is 5.39 Å². The number of nitrogens with one attached hydrogen (secondary N) is 1. The molecule has 0 saturated heterocycles. The standard InChI is InChI=1S/C7H4Cl3N3O2/c1-2-3-4(14)11-6(7(8,9)10)12-5(3)15-13-2/h1H3,(H,11,12,14). The van der Waals surface area contributed by atoms with Crippen LogP contribution in [0.25, 0.3) is 11.1 Å². The van der Waals surface area contributed by atoms with Crippen LogP contribution < -0.4 is 5.56 Å². The SMILES string of the molecule is Cc1noc2nc(C(Cl)(Cl)Cl)[nH]c(=O)c12. The molecule has 2 aromatic heterocycles. The lowest BCUT2D eigenvalue weighted by molar-refractivity contribution is 0.441. The van der Waals surface area contributed by atoms with Gasteiger partial charge in [-0.2, -0.15) is 4.98 Å². The number of nitrogens with zero attached hydrogens (tertiary/aromatic N) is 2. The summed E-state index contributed by atoms with van der Waals surface area (Å²) in [6, 6.07) is 0. The second kappa shape index (κ2) is 3.37. The predicted molar refractivity (Wildman–Crippen MR) is 56.4 cm³/mol. The molecule has 0 saturated carbocycles. The van der Waals surface area contributed by atoms with E-state index in [-0.39, 0.29) is 16.9 Å². The van der Waals surface area contributed by atoms with Crippen molar-refractivity contribution < 1.29 is 4.52 Å². The first-order chi connectivity index (χ1) is 6.89. The fourth-order valence-electron chi connectivity index (χ4n) is 1.13. The highest BCUT2D eigenvalue weighted by atomic mass is 35.6. The maximum absolute atomic E-state index is 11.6. The summed E-state index contributed by atoms with van der Waals surface area (Å²) in [4.78, 5) is 17.8. The Hall–Kier alpha value is -0.780. The lowest BCUT2D eigenvalue weighted by Gasteiger charge is -2.07. The van der Waals surface area contributed by atoms with Crippen LogP contribution in [-0.4, -0.2) is 15.1 Å². The Morgan fingerprint density at radius 1 is 1.40 bits per heavy atom. The second-order valence-corrected chi connectivity index (χ2v) is 5.14. The number of aromatic amines is 1. The zero-order valence-electron chi connectivity index (χ0n) is 7.34. The zero-order chi connectivity index (χ0) is 11.2. The van der Waals surface area contributed by atoms with Crippen LogP contribution in [0.4, 0.5) is 0 Å². The summed E-state index contributed by atoms with van der Waals surface area (Å²) in [7, 11) is 0. The van der Waals surface area contributed by atoms with Crippen molar-refractivity contribution in [1.29, 1.82) is 0 Å². The number of aryl methyl sites for hydroxylation is 1. The van der Waals surface area contributed by atoms with E-state index in [9.17, 15) is 4.79 Å². The number of fused-ring (bicyclic) bond motifs is 1. The third-order valence-corrected chi connectivity index (χ3v) is 2.32. The summed E-state index contributed by atoms with van der Waals surface area (Å²) in [5.41, 5.74) is 0.0484. The van der Waals surface area contributed by atoms with Crippen molar-refractivity contribution in [1.82, 2.24) is 15.1 Å². The van der Waals surface area contributed by atoms with Crippen LogP contribution in [0.3, 0.4) is 0 Å². The van der Waals surface area contributed by atoms with Gasteiger partial charge in [-0.05, 0) is 6.92 Å². The molecule has 2 aromatic rings. The van der Waals surface area contributed by atoms with Gasteiger partial charge in [0.05, 0.1) is 5.69 Å². The second-order valence-electron chi connectivity index (χ2n) is 2.86. The van der Waals surface area contributed by atoms with Crippen LogP contribution in [0.5, 0.6) is 0 Å². The topological polar surface area (TPSA) is 71.8 Å². The number of rotatable bonds is 0.